The Kier molecular flexibility index (Phi) is 15.7. The number of aliphatic hydroxyl groups excluding tert-OH is 1. The van der Waals surface area contributed by atoms with E-state index in [1.165, 1.54) is 4.31 Å². The lowest BCUT2D eigenvalue weighted by Crippen LogP contribution is -2.34. The summed E-state index contributed by atoms with van der Waals surface area (Å²) >= 11 is 9.72. The average molecular weight is 754 g/mol. The van der Waals surface area contributed by atoms with Gasteiger partial charge in [0.1, 0.15) is 24.8 Å². The van der Waals surface area contributed by atoms with Crippen LogP contribution in [0.1, 0.15) is 17.2 Å². The SMILES string of the molecule is Cc1cc(Br)cc(Cl)c1OCCNCC(O)c1ccc(OCOCC[Si](C)(C)C)c(N(COCC[Si](C)(C)C)S(C)(=O)=O)c1. The summed E-state index contributed by atoms with van der Waals surface area (Å²) in [4.78, 5) is 0. The summed E-state index contributed by atoms with van der Waals surface area (Å²) in [5.74, 6) is 0.950. The summed E-state index contributed by atoms with van der Waals surface area (Å²) in [6.07, 6.45) is 0.218. The van der Waals surface area contributed by atoms with Crippen molar-refractivity contribution in [3.63, 3.8) is 0 Å². The van der Waals surface area contributed by atoms with Gasteiger partial charge in [0, 0.05) is 46.9 Å². The molecule has 0 saturated carbocycles. The molecule has 9 nitrogen and oxygen atoms in total. The van der Waals surface area contributed by atoms with Crippen LogP contribution in [0.25, 0.3) is 0 Å². The van der Waals surface area contributed by atoms with Crippen molar-refractivity contribution in [2.45, 2.75) is 64.4 Å². The summed E-state index contributed by atoms with van der Waals surface area (Å²) in [7, 11) is -6.37. The second-order valence-electron chi connectivity index (χ2n) is 13.3. The molecule has 0 radical (unpaired) electrons. The lowest BCUT2D eigenvalue weighted by atomic mass is 10.1. The molecule has 2 rings (SSSR count). The van der Waals surface area contributed by atoms with Gasteiger partial charge in [0.05, 0.1) is 23.1 Å². The van der Waals surface area contributed by atoms with E-state index in [2.05, 4.69) is 60.5 Å². The Balaban J connectivity index is 2.13. The third kappa shape index (κ3) is 14.5. The zero-order valence-corrected chi connectivity index (χ0v) is 32.5. The summed E-state index contributed by atoms with van der Waals surface area (Å²) in [6, 6.07) is 10.6. The number of rotatable bonds is 20. The van der Waals surface area contributed by atoms with Crippen molar-refractivity contribution in [2.75, 3.05) is 57.0 Å². The summed E-state index contributed by atoms with van der Waals surface area (Å²) in [5.41, 5.74) is 1.73. The van der Waals surface area contributed by atoms with E-state index in [-0.39, 0.29) is 25.8 Å². The third-order valence-electron chi connectivity index (χ3n) is 6.59. The van der Waals surface area contributed by atoms with E-state index in [4.69, 9.17) is 30.5 Å². The van der Waals surface area contributed by atoms with E-state index >= 15 is 0 Å². The van der Waals surface area contributed by atoms with Crippen molar-refractivity contribution in [1.82, 2.24) is 5.32 Å². The summed E-state index contributed by atoms with van der Waals surface area (Å²) in [5, 5.41) is 14.7. The van der Waals surface area contributed by atoms with Crippen molar-refractivity contribution < 1.29 is 32.5 Å². The van der Waals surface area contributed by atoms with E-state index in [0.717, 1.165) is 28.4 Å². The van der Waals surface area contributed by atoms with E-state index in [9.17, 15) is 13.5 Å². The molecule has 0 aliphatic rings. The fourth-order valence-electron chi connectivity index (χ4n) is 3.92. The van der Waals surface area contributed by atoms with Crippen LogP contribution in [-0.4, -0.2) is 82.4 Å². The highest BCUT2D eigenvalue weighted by atomic mass is 79.9. The lowest BCUT2D eigenvalue weighted by Gasteiger charge is -2.26. The fraction of sp³-hybridized carbons (Fsp3) is 0.600. The van der Waals surface area contributed by atoms with Gasteiger partial charge in [0.15, 0.2) is 6.79 Å². The molecule has 2 N–H and O–H groups in total. The van der Waals surface area contributed by atoms with Crippen molar-refractivity contribution in [1.29, 1.82) is 0 Å². The zero-order chi connectivity index (χ0) is 33.1. The minimum absolute atomic E-state index is 0.0170. The maximum atomic E-state index is 12.9. The van der Waals surface area contributed by atoms with Gasteiger partial charge in [0.2, 0.25) is 10.0 Å². The number of aryl methyl sites for hydroxylation is 1. The van der Waals surface area contributed by atoms with Gasteiger partial charge in [0.25, 0.3) is 0 Å². The highest BCUT2D eigenvalue weighted by Gasteiger charge is 2.24. The predicted octanol–water partition coefficient (Wildman–Crippen LogP) is 6.88. The number of sulfonamides is 1. The molecule has 2 aromatic rings. The van der Waals surface area contributed by atoms with Gasteiger partial charge >= 0.3 is 0 Å². The Labute approximate surface area is 279 Å². The molecule has 0 bridgehead atoms. The van der Waals surface area contributed by atoms with E-state index in [1.54, 1.807) is 24.3 Å². The van der Waals surface area contributed by atoms with Gasteiger partial charge in [-0.2, -0.15) is 0 Å². The number of benzene rings is 2. The molecule has 0 amide bonds. The fourth-order valence-corrected chi connectivity index (χ4v) is 7.23. The highest BCUT2D eigenvalue weighted by Crippen LogP contribution is 2.34. The van der Waals surface area contributed by atoms with Gasteiger partial charge in [-0.05, 0) is 54.4 Å². The number of hydrogen-bond donors (Lipinski definition) is 2. The topological polar surface area (TPSA) is 107 Å². The number of ether oxygens (including phenoxy) is 4. The number of halogens is 2. The first-order valence-electron chi connectivity index (χ1n) is 14.7. The van der Waals surface area contributed by atoms with Gasteiger partial charge < -0.3 is 29.4 Å². The molecule has 0 aliphatic carbocycles. The average Bonchev–Trinajstić information content (AvgIpc) is 2.87. The van der Waals surface area contributed by atoms with E-state index in [0.29, 0.717) is 48.5 Å². The Morgan fingerprint density at radius 2 is 1.61 bits per heavy atom. The van der Waals surface area contributed by atoms with Crippen LogP contribution in [0.3, 0.4) is 0 Å². The predicted molar refractivity (Wildman–Crippen MR) is 190 cm³/mol. The number of aliphatic hydroxyl groups is 1. The van der Waals surface area contributed by atoms with Crippen molar-refractivity contribution in [2.24, 2.45) is 0 Å². The molecular formula is C30H50BrClN2O7SSi2. The molecule has 250 valence electrons. The summed E-state index contributed by atoms with van der Waals surface area (Å²) < 4.78 is 51.3. The maximum Gasteiger partial charge on any atom is 0.234 e. The minimum Gasteiger partial charge on any atom is -0.490 e. The Bertz CT molecular complexity index is 1280. The van der Waals surface area contributed by atoms with Crippen LogP contribution >= 0.6 is 27.5 Å². The van der Waals surface area contributed by atoms with Crippen LogP contribution in [0.2, 0.25) is 56.4 Å². The third-order valence-corrected chi connectivity index (χ3v) is 11.8. The molecular weight excluding hydrogens is 704 g/mol. The first kappa shape index (κ1) is 39.0. The van der Waals surface area contributed by atoms with Crippen LogP contribution < -0.4 is 19.1 Å². The maximum absolute atomic E-state index is 12.9. The second kappa shape index (κ2) is 17.7. The molecule has 0 aromatic heterocycles. The van der Waals surface area contributed by atoms with Gasteiger partial charge in [-0.3, -0.25) is 0 Å². The molecule has 0 aliphatic heterocycles. The number of anilines is 1. The molecule has 0 heterocycles. The molecule has 0 saturated heterocycles. The second-order valence-corrected chi connectivity index (χ2v) is 27.7. The first-order chi connectivity index (χ1) is 20.4. The Morgan fingerprint density at radius 1 is 0.977 bits per heavy atom. The molecule has 1 unspecified atom stereocenters. The minimum atomic E-state index is -3.74. The van der Waals surface area contributed by atoms with Gasteiger partial charge in [-0.15, -0.1) is 0 Å². The number of hydrogen-bond acceptors (Lipinski definition) is 8. The smallest absolute Gasteiger partial charge is 0.234 e. The standard InChI is InChI=1S/C30H50BrClN2O7SSi2/c1-23-17-25(31)19-26(32)30(23)40-12-11-33-20-28(35)24-9-10-29(41-22-39-14-16-44(6,7)8)27(18-24)34(42(2,36)37)21-38-13-15-43(3,4)5/h9-10,17-19,28,33,35H,11-16,20-22H2,1-8H3. The van der Waals surface area contributed by atoms with Crippen LogP contribution in [0.5, 0.6) is 11.5 Å². The van der Waals surface area contributed by atoms with Crippen molar-refractivity contribution in [3.05, 3.63) is 51.0 Å². The molecule has 0 fully saturated rings. The largest absolute Gasteiger partial charge is 0.490 e. The highest BCUT2D eigenvalue weighted by molar-refractivity contribution is 9.10. The molecule has 14 heteroatoms. The van der Waals surface area contributed by atoms with Crippen LogP contribution in [-0.2, 0) is 19.5 Å². The van der Waals surface area contributed by atoms with E-state index in [1.807, 2.05) is 13.0 Å². The van der Waals surface area contributed by atoms with Gasteiger partial charge in [-0.25, -0.2) is 12.7 Å². The van der Waals surface area contributed by atoms with Crippen molar-refractivity contribution >= 4 is 59.4 Å². The Morgan fingerprint density at radius 3 is 2.20 bits per heavy atom. The lowest BCUT2D eigenvalue weighted by molar-refractivity contribution is 0.0222. The summed E-state index contributed by atoms with van der Waals surface area (Å²) in [6.45, 7) is 17.3. The normalized spacial score (nSPS) is 13.2. The van der Waals surface area contributed by atoms with Crippen LogP contribution in [0, 0.1) is 6.92 Å². The molecule has 44 heavy (non-hydrogen) atoms. The quantitative estimate of drug-likeness (QED) is 0.0857. The Hall–Kier alpha value is -1.17. The monoisotopic (exact) mass is 752 g/mol. The number of nitrogens with zero attached hydrogens (tertiary/aromatic N) is 1. The molecule has 1 atom stereocenters. The van der Waals surface area contributed by atoms with Gasteiger partial charge in [-0.1, -0.05) is 72.9 Å². The molecule has 2 aromatic carbocycles. The van der Waals surface area contributed by atoms with Crippen molar-refractivity contribution in [3.8, 4) is 11.5 Å². The number of nitrogens with one attached hydrogen (secondary N) is 1. The molecule has 0 spiro atoms. The van der Waals surface area contributed by atoms with Crippen LogP contribution in [0.4, 0.5) is 5.69 Å². The van der Waals surface area contributed by atoms with E-state index < -0.39 is 32.3 Å². The van der Waals surface area contributed by atoms with Crippen LogP contribution in [0.15, 0.2) is 34.8 Å². The zero-order valence-electron chi connectivity index (χ0n) is 27.3. The first-order valence-corrected chi connectivity index (χ1v) is 25.2.